The number of nitrogens with one attached hydrogen (secondary N) is 1. The number of Topliss-reactive ketones (excluding diaryl/α,β-unsaturated/α-hetero) is 1. The highest BCUT2D eigenvalue weighted by atomic mass is 16.5. The van der Waals surface area contributed by atoms with Crippen LogP contribution >= 0.6 is 0 Å². The molecular formula is C24H28N4O4. The van der Waals surface area contributed by atoms with Crippen molar-refractivity contribution in [1.82, 2.24) is 19.8 Å². The minimum absolute atomic E-state index is 0.0329. The summed E-state index contributed by atoms with van der Waals surface area (Å²) in [5.41, 5.74) is 1.20. The van der Waals surface area contributed by atoms with Crippen LogP contribution in [0.4, 0.5) is 0 Å². The molecular weight excluding hydrogens is 408 g/mol. The molecule has 1 unspecified atom stereocenters. The van der Waals surface area contributed by atoms with Gasteiger partial charge < -0.3 is 14.6 Å². The van der Waals surface area contributed by atoms with Crippen LogP contribution in [-0.4, -0.2) is 57.7 Å². The number of rotatable bonds is 7. The highest BCUT2D eigenvalue weighted by Crippen LogP contribution is 2.26. The first-order valence-corrected chi connectivity index (χ1v) is 11.0. The Labute approximate surface area is 186 Å². The molecule has 1 fully saturated rings. The smallest absolute Gasteiger partial charge is 0.251 e. The summed E-state index contributed by atoms with van der Waals surface area (Å²) >= 11 is 0. The van der Waals surface area contributed by atoms with Crippen LogP contribution in [0.15, 0.2) is 47.4 Å². The Bertz CT molecular complexity index is 1070. The average Bonchev–Trinajstić information content (AvgIpc) is 3.18. The van der Waals surface area contributed by atoms with E-state index in [4.69, 9.17) is 4.74 Å². The summed E-state index contributed by atoms with van der Waals surface area (Å²) in [4.78, 5) is 48.4. The van der Waals surface area contributed by atoms with Gasteiger partial charge in [0.15, 0.2) is 5.78 Å². The number of ether oxygens (including phenoxy) is 1. The summed E-state index contributed by atoms with van der Waals surface area (Å²) in [5, 5.41) is 0. The predicted octanol–water partition coefficient (Wildman–Crippen LogP) is 2.16. The lowest BCUT2D eigenvalue weighted by Gasteiger charge is -2.34. The van der Waals surface area contributed by atoms with E-state index in [2.05, 4.69) is 14.9 Å². The highest BCUT2D eigenvalue weighted by molar-refractivity contribution is 5.98. The molecule has 8 nitrogen and oxygen atoms in total. The second-order valence-electron chi connectivity index (χ2n) is 8.19. The first kappa shape index (κ1) is 22.0. The van der Waals surface area contributed by atoms with Crippen LogP contribution in [0.25, 0.3) is 0 Å². The molecule has 32 heavy (non-hydrogen) atoms. The van der Waals surface area contributed by atoms with Crippen molar-refractivity contribution in [3.63, 3.8) is 0 Å². The van der Waals surface area contributed by atoms with Gasteiger partial charge in [0.1, 0.15) is 17.6 Å². The number of H-pyrrole nitrogens is 1. The summed E-state index contributed by atoms with van der Waals surface area (Å²) in [6, 6.07) is 8.36. The van der Waals surface area contributed by atoms with Crippen molar-refractivity contribution in [3.05, 3.63) is 70.0 Å². The number of likely N-dealkylation sites (tertiary alicyclic amines) is 1. The molecule has 3 heterocycles. The third kappa shape index (κ3) is 4.65. The van der Waals surface area contributed by atoms with Crippen molar-refractivity contribution in [2.45, 2.75) is 38.8 Å². The van der Waals surface area contributed by atoms with Gasteiger partial charge >= 0.3 is 0 Å². The van der Waals surface area contributed by atoms with Gasteiger partial charge in [-0.25, -0.2) is 4.98 Å². The Balaban J connectivity index is 1.33. The minimum Gasteiger partial charge on any atom is -0.497 e. The fourth-order valence-corrected chi connectivity index (χ4v) is 4.33. The fourth-order valence-electron chi connectivity index (χ4n) is 4.33. The van der Waals surface area contributed by atoms with Crippen LogP contribution in [0.5, 0.6) is 5.75 Å². The number of aromatic nitrogens is 2. The number of aromatic amines is 1. The lowest BCUT2D eigenvalue weighted by molar-refractivity contribution is -0.132. The van der Waals surface area contributed by atoms with Gasteiger partial charge in [-0.3, -0.25) is 19.3 Å². The predicted molar refractivity (Wildman–Crippen MR) is 119 cm³/mol. The molecule has 2 aliphatic heterocycles. The number of carbonyl (C=O) groups excluding carboxylic acids is 2. The van der Waals surface area contributed by atoms with Crippen LogP contribution in [-0.2, 0) is 17.8 Å². The number of ketones is 1. The van der Waals surface area contributed by atoms with E-state index in [1.54, 1.807) is 42.5 Å². The van der Waals surface area contributed by atoms with E-state index in [0.29, 0.717) is 36.6 Å². The largest absolute Gasteiger partial charge is 0.497 e. The minimum atomic E-state index is -0.340. The SMILES string of the molecule is CCc1cc(=O)[nH]c(CN2C=CC(N3CCC(C(=O)c4ccc(OC)cc4)CC3)C2=O)n1. The molecule has 0 bridgehead atoms. The Morgan fingerprint density at radius 1 is 1.19 bits per heavy atom. The molecule has 168 valence electrons. The monoisotopic (exact) mass is 436 g/mol. The maximum Gasteiger partial charge on any atom is 0.251 e. The van der Waals surface area contributed by atoms with Gasteiger partial charge in [-0.2, -0.15) is 0 Å². The van der Waals surface area contributed by atoms with Gasteiger partial charge in [-0.1, -0.05) is 6.92 Å². The summed E-state index contributed by atoms with van der Waals surface area (Å²) in [6.45, 7) is 3.54. The van der Waals surface area contributed by atoms with E-state index in [0.717, 1.165) is 18.6 Å². The number of piperidine rings is 1. The number of benzene rings is 1. The van der Waals surface area contributed by atoms with Gasteiger partial charge in [-0.05, 0) is 62.7 Å². The molecule has 0 spiro atoms. The van der Waals surface area contributed by atoms with Crippen molar-refractivity contribution < 1.29 is 14.3 Å². The van der Waals surface area contributed by atoms with Crippen LogP contribution in [0.1, 0.15) is 41.6 Å². The van der Waals surface area contributed by atoms with E-state index in [9.17, 15) is 14.4 Å². The van der Waals surface area contributed by atoms with Crippen LogP contribution < -0.4 is 10.3 Å². The standard InChI is InChI=1S/C24H28N4O4/c1-3-18-14-22(29)26-21(25-18)15-28-13-10-20(24(28)31)27-11-8-17(9-12-27)23(30)16-4-6-19(32-2)7-5-16/h4-7,10,13-14,17,20H,3,8-9,11-12,15H2,1-2H3,(H,25,26,29). The number of aryl methyl sites for hydroxylation is 1. The Morgan fingerprint density at radius 2 is 1.91 bits per heavy atom. The van der Waals surface area contributed by atoms with E-state index in [1.807, 2.05) is 13.0 Å². The number of nitrogens with zero attached hydrogens (tertiary/aromatic N) is 3. The zero-order valence-electron chi connectivity index (χ0n) is 18.4. The third-order valence-electron chi connectivity index (χ3n) is 6.18. The quantitative estimate of drug-likeness (QED) is 0.669. The molecule has 2 aliphatic rings. The van der Waals surface area contributed by atoms with E-state index in [1.165, 1.54) is 6.07 Å². The van der Waals surface area contributed by atoms with Crippen molar-refractivity contribution in [2.75, 3.05) is 20.2 Å². The number of carbonyl (C=O) groups is 2. The maximum atomic E-state index is 13.0. The number of hydrogen-bond acceptors (Lipinski definition) is 6. The summed E-state index contributed by atoms with van der Waals surface area (Å²) in [6.07, 6.45) is 5.75. The van der Waals surface area contributed by atoms with E-state index < -0.39 is 0 Å². The van der Waals surface area contributed by atoms with Gasteiger partial charge in [0.2, 0.25) is 5.91 Å². The van der Waals surface area contributed by atoms with Crippen LogP contribution in [0.2, 0.25) is 0 Å². The maximum absolute atomic E-state index is 13.0. The van der Waals surface area contributed by atoms with Gasteiger partial charge in [0, 0.05) is 29.4 Å². The topological polar surface area (TPSA) is 95.6 Å². The van der Waals surface area contributed by atoms with Gasteiger partial charge in [0.25, 0.3) is 5.56 Å². The fraction of sp³-hybridized carbons (Fsp3) is 0.417. The van der Waals surface area contributed by atoms with Gasteiger partial charge in [-0.15, -0.1) is 0 Å². The second kappa shape index (κ2) is 9.48. The van der Waals surface area contributed by atoms with Crippen molar-refractivity contribution in [1.29, 1.82) is 0 Å². The molecule has 1 amide bonds. The molecule has 1 atom stereocenters. The third-order valence-corrected chi connectivity index (χ3v) is 6.18. The summed E-state index contributed by atoms with van der Waals surface area (Å²) < 4.78 is 5.16. The number of hydrogen-bond donors (Lipinski definition) is 1. The molecule has 8 heteroatoms. The van der Waals surface area contributed by atoms with Crippen molar-refractivity contribution >= 4 is 11.7 Å². The van der Waals surface area contributed by atoms with Crippen molar-refractivity contribution in [3.8, 4) is 5.75 Å². The average molecular weight is 437 g/mol. The van der Waals surface area contributed by atoms with Gasteiger partial charge in [0.05, 0.1) is 13.7 Å². The van der Waals surface area contributed by atoms with Crippen LogP contribution in [0.3, 0.4) is 0 Å². The normalized spacial score (nSPS) is 19.5. The lowest BCUT2D eigenvalue weighted by Crippen LogP contribution is -2.47. The first-order chi connectivity index (χ1) is 15.5. The molecule has 1 aromatic carbocycles. The van der Waals surface area contributed by atoms with E-state index >= 15 is 0 Å². The summed E-state index contributed by atoms with van der Waals surface area (Å²) in [7, 11) is 1.60. The zero-order chi connectivity index (χ0) is 22.7. The molecule has 2 aromatic rings. The Morgan fingerprint density at radius 3 is 2.56 bits per heavy atom. The molecule has 1 N–H and O–H groups in total. The van der Waals surface area contributed by atoms with Crippen LogP contribution in [0, 0.1) is 5.92 Å². The number of methoxy groups -OCH3 is 1. The highest BCUT2D eigenvalue weighted by Gasteiger charge is 2.35. The molecule has 4 rings (SSSR count). The molecule has 1 saturated heterocycles. The Kier molecular flexibility index (Phi) is 6.50. The lowest BCUT2D eigenvalue weighted by atomic mass is 9.88. The molecule has 0 aliphatic carbocycles. The van der Waals surface area contributed by atoms with Crippen molar-refractivity contribution in [2.24, 2.45) is 5.92 Å². The van der Waals surface area contributed by atoms with E-state index in [-0.39, 0.29) is 35.8 Å². The number of amides is 1. The zero-order valence-corrected chi connectivity index (χ0v) is 18.4. The summed E-state index contributed by atoms with van der Waals surface area (Å²) in [5.74, 6) is 1.29. The molecule has 0 saturated carbocycles. The molecule has 0 radical (unpaired) electrons. The molecule has 1 aromatic heterocycles. The first-order valence-electron chi connectivity index (χ1n) is 11.0. The Hall–Kier alpha value is -3.26. The second-order valence-corrected chi connectivity index (χ2v) is 8.19.